The number of amides is 2. The first-order valence-electron chi connectivity index (χ1n) is 5.72. The molecule has 0 spiro atoms. The zero-order chi connectivity index (χ0) is 10.6. The van der Waals surface area contributed by atoms with Crippen LogP contribution in [0, 0.1) is 17.8 Å². The molecule has 82 valence electrons. The third-order valence-corrected chi connectivity index (χ3v) is 3.99. The van der Waals surface area contributed by atoms with Gasteiger partial charge in [-0.3, -0.25) is 14.5 Å². The third kappa shape index (κ3) is 1.31. The molecular formula is C11H15NO3. The van der Waals surface area contributed by atoms with Gasteiger partial charge in [0.1, 0.15) is 0 Å². The van der Waals surface area contributed by atoms with E-state index in [9.17, 15) is 14.7 Å². The molecule has 0 aromatic heterocycles. The number of nitrogens with zero attached hydrogens (tertiary/aromatic N) is 1. The first kappa shape index (κ1) is 9.33. The Kier molecular flexibility index (Phi) is 1.89. The fraction of sp³-hybridized carbons (Fsp3) is 0.818. The van der Waals surface area contributed by atoms with Gasteiger partial charge >= 0.3 is 0 Å². The zero-order valence-corrected chi connectivity index (χ0v) is 8.56. The molecule has 0 aromatic carbocycles. The standard InChI is InChI=1S/C11H15NO3/c13-9-3-1-2-6(9)5-12-10(14)7-4-8(7)11(12)15/h6-9,13H,1-5H2. The lowest BCUT2D eigenvalue weighted by Gasteiger charge is -2.22. The van der Waals surface area contributed by atoms with Gasteiger partial charge in [0.25, 0.3) is 0 Å². The van der Waals surface area contributed by atoms with Crippen molar-refractivity contribution >= 4 is 11.8 Å². The number of piperidine rings is 1. The molecule has 3 rings (SSSR count). The monoisotopic (exact) mass is 209 g/mol. The van der Waals surface area contributed by atoms with Crippen LogP contribution in [0.5, 0.6) is 0 Å². The molecule has 2 amide bonds. The van der Waals surface area contributed by atoms with Crippen LogP contribution in [0.3, 0.4) is 0 Å². The fourth-order valence-corrected chi connectivity index (χ4v) is 2.89. The van der Waals surface area contributed by atoms with Crippen molar-refractivity contribution in [1.29, 1.82) is 0 Å². The summed E-state index contributed by atoms with van der Waals surface area (Å²) in [5, 5.41) is 9.65. The van der Waals surface area contributed by atoms with E-state index in [0.717, 1.165) is 25.7 Å². The van der Waals surface area contributed by atoms with Crippen LogP contribution in [0.4, 0.5) is 0 Å². The maximum absolute atomic E-state index is 11.7. The van der Waals surface area contributed by atoms with Gasteiger partial charge in [-0.05, 0) is 19.3 Å². The van der Waals surface area contributed by atoms with Crippen LogP contribution in [0.1, 0.15) is 25.7 Å². The van der Waals surface area contributed by atoms with Crippen molar-refractivity contribution in [3.8, 4) is 0 Å². The Morgan fingerprint density at radius 2 is 1.87 bits per heavy atom. The van der Waals surface area contributed by atoms with Crippen molar-refractivity contribution in [1.82, 2.24) is 4.90 Å². The Morgan fingerprint density at radius 3 is 2.40 bits per heavy atom. The van der Waals surface area contributed by atoms with Gasteiger partial charge in [-0.2, -0.15) is 0 Å². The molecule has 2 aliphatic carbocycles. The van der Waals surface area contributed by atoms with E-state index >= 15 is 0 Å². The normalized spacial score (nSPS) is 43.7. The van der Waals surface area contributed by atoms with E-state index in [1.54, 1.807) is 0 Å². The highest BCUT2D eigenvalue weighted by atomic mass is 16.3. The summed E-state index contributed by atoms with van der Waals surface area (Å²) in [7, 11) is 0. The number of aliphatic hydroxyl groups excluding tert-OH is 1. The first-order chi connectivity index (χ1) is 7.18. The average Bonchev–Trinajstić information content (AvgIpc) is 2.86. The average molecular weight is 209 g/mol. The van der Waals surface area contributed by atoms with E-state index in [-0.39, 0.29) is 35.7 Å². The summed E-state index contributed by atoms with van der Waals surface area (Å²) in [6, 6.07) is 0. The molecule has 0 radical (unpaired) electrons. The number of carbonyl (C=O) groups is 2. The molecular weight excluding hydrogens is 194 g/mol. The molecule has 1 saturated heterocycles. The number of aliphatic hydroxyl groups is 1. The maximum Gasteiger partial charge on any atom is 0.233 e. The Hall–Kier alpha value is -0.900. The molecule has 4 atom stereocenters. The van der Waals surface area contributed by atoms with Crippen LogP contribution in [0.25, 0.3) is 0 Å². The summed E-state index contributed by atoms with van der Waals surface area (Å²) in [4.78, 5) is 24.7. The van der Waals surface area contributed by atoms with Gasteiger partial charge in [-0.1, -0.05) is 6.42 Å². The van der Waals surface area contributed by atoms with E-state index in [2.05, 4.69) is 0 Å². The van der Waals surface area contributed by atoms with E-state index in [0.29, 0.717) is 6.54 Å². The Morgan fingerprint density at radius 1 is 1.20 bits per heavy atom. The molecule has 3 aliphatic rings. The van der Waals surface area contributed by atoms with Crippen molar-refractivity contribution in [2.24, 2.45) is 17.8 Å². The van der Waals surface area contributed by atoms with Crippen molar-refractivity contribution in [3.05, 3.63) is 0 Å². The van der Waals surface area contributed by atoms with Crippen LogP contribution >= 0.6 is 0 Å². The van der Waals surface area contributed by atoms with Crippen LogP contribution in [0.2, 0.25) is 0 Å². The summed E-state index contributed by atoms with van der Waals surface area (Å²) in [6.45, 7) is 0.450. The minimum atomic E-state index is -0.317. The second-order valence-corrected chi connectivity index (χ2v) is 4.99. The number of imide groups is 1. The van der Waals surface area contributed by atoms with Gasteiger partial charge in [0.15, 0.2) is 0 Å². The molecule has 1 aliphatic heterocycles. The molecule has 4 heteroatoms. The van der Waals surface area contributed by atoms with Gasteiger partial charge < -0.3 is 5.11 Å². The first-order valence-corrected chi connectivity index (χ1v) is 5.72. The molecule has 0 aromatic rings. The zero-order valence-electron chi connectivity index (χ0n) is 8.56. The van der Waals surface area contributed by atoms with E-state index in [4.69, 9.17) is 0 Å². The second-order valence-electron chi connectivity index (χ2n) is 4.99. The lowest BCUT2D eigenvalue weighted by atomic mass is 10.1. The number of hydrogen-bond acceptors (Lipinski definition) is 3. The minimum absolute atomic E-state index is 0.00366. The smallest absolute Gasteiger partial charge is 0.233 e. The molecule has 3 fully saturated rings. The topological polar surface area (TPSA) is 57.6 Å². The molecule has 4 nitrogen and oxygen atoms in total. The lowest BCUT2D eigenvalue weighted by Crippen LogP contribution is -2.38. The molecule has 1 heterocycles. The third-order valence-electron chi connectivity index (χ3n) is 3.99. The van der Waals surface area contributed by atoms with E-state index in [1.807, 2.05) is 0 Å². The van der Waals surface area contributed by atoms with Crippen LogP contribution in [-0.2, 0) is 9.59 Å². The Bertz CT molecular complexity index is 308. The van der Waals surface area contributed by atoms with Crippen molar-refractivity contribution in [2.45, 2.75) is 31.8 Å². The highest BCUT2D eigenvalue weighted by molar-refractivity contribution is 6.08. The number of rotatable bonds is 2. The van der Waals surface area contributed by atoms with Gasteiger partial charge in [-0.25, -0.2) is 0 Å². The summed E-state index contributed by atoms with van der Waals surface area (Å²) in [5.41, 5.74) is 0. The highest BCUT2D eigenvalue weighted by Gasteiger charge is 2.59. The molecule has 15 heavy (non-hydrogen) atoms. The summed E-state index contributed by atoms with van der Waals surface area (Å²) in [6.07, 6.45) is 3.21. The van der Waals surface area contributed by atoms with Gasteiger partial charge in [-0.15, -0.1) is 0 Å². The quantitative estimate of drug-likeness (QED) is 0.659. The largest absolute Gasteiger partial charge is 0.393 e. The van der Waals surface area contributed by atoms with Crippen molar-refractivity contribution < 1.29 is 14.7 Å². The summed E-state index contributed by atoms with van der Waals surface area (Å²) in [5.74, 6) is 0.121. The summed E-state index contributed by atoms with van der Waals surface area (Å²) < 4.78 is 0. The predicted octanol–water partition coefficient (Wildman–Crippen LogP) is 0.152. The lowest BCUT2D eigenvalue weighted by molar-refractivity contribution is -0.142. The van der Waals surface area contributed by atoms with E-state index in [1.165, 1.54) is 4.90 Å². The SMILES string of the molecule is O=C1C2CC2C(=O)N1CC1CCCC1O. The Balaban J connectivity index is 1.68. The maximum atomic E-state index is 11.7. The van der Waals surface area contributed by atoms with Gasteiger partial charge in [0.2, 0.25) is 11.8 Å². The van der Waals surface area contributed by atoms with Gasteiger partial charge in [0.05, 0.1) is 17.9 Å². The van der Waals surface area contributed by atoms with Crippen molar-refractivity contribution in [2.75, 3.05) is 6.54 Å². The molecule has 2 saturated carbocycles. The molecule has 1 N–H and O–H groups in total. The summed E-state index contributed by atoms with van der Waals surface area (Å²) >= 11 is 0. The highest BCUT2D eigenvalue weighted by Crippen LogP contribution is 2.47. The second kappa shape index (κ2) is 3.04. The number of hydrogen-bond donors (Lipinski definition) is 1. The number of fused-ring (bicyclic) bond motifs is 1. The van der Waals surface area contributed by atoms with Crippen LogP contribution in [-0.4, -0.2) is 34.5 Å². The Labute approximate surface area is 88.2 Å². The predicted molar refractivity (Wildman–Crippen MR) is 51.7 cm³/mol. The fourth-order valence-electron chi connectivity index (χ4n) is 2.89. The number of likely N-dealkylation sites (tertiary alicyclic amines) is 1. The van der Waals surface area contributed by atoms with Crippen molar-refractivity contribution in [3.63, 3.8) is 0 Å². The number of carbonyl (C=O) groups excluding carboxylic acids is 2. The molecule has 0 bridgehead atoms. The van der Waals surface area contributed by atoms with Gasteiger partial charge in [0, 0.05) is 12.5 Å². The van der Waals surface area contributed by atoms with E-state index < -0.39 is 0 Å². The minimum Gasteiger partial charge on any atom is -0.393 e. The van der Waals surface area contributed by atoms with Crippen LogP contribution < -0.4 is 0 Å². The van der Waals surface area contributed by atoms with Crippen LogP contribution in [0.15, 0.2) is 0 Å². The molecule has 4 unspecified atom stereocenters.